The van der Waals surface area contributed by atoms with Crippen molar-refractivity contribution in [3.8, 4) is 0 Å². The highest BCUT2D eigenvalue weighted by Gasteiger charge is 2.19. The molecule has 2 rings (SSSR count). The van der Waals surface area contributed by atoms with E-state index in [1.807, 2.05) is 24.3 Å². The van der Waals surface area contributed by atoms with Crippen LogP contribution in [-0.2, 0) is 10.8 Å². The highest BCUT2D eigenvalue weighted by Crippen LogP contribution is 2.36. The molecule has 0 heterocycles. The Morgan fingerprint density at radius 2 is 1.04 bits per heavy atom. The normalized spacial score (nSPS) is 12.3. The maximum absolute atomic E-state index is 6.53. The van der Waals surface area contributed by atoms with E-state index in [1.165, 1.54) is 11.1 Å². The van der Waals surface area contributed by atoms with E-state index in [-0.39, 0.29) is 10.8 Å². The zero-order valence-corrected chi connectivity index (χ0v) is 16.9. The third-order valence-corrected chi connectivity index (χ3v) is 4.95. The Kier molecular flexibility index (Phi) is 5.23. The third kappa shape index (κ3) is 4.05. The Bertz CT molecular complexity index is 706. The van der Waals surface area contributed by atoms with E-state index >= 15 is 0 Å². The van der Waals surface area contributed by atoms with Crippen LogP contribution in [0.15, 0.2) is 43.0 Å². The molecule has 0 spiro atoms. The first-order valence-corrected chi connectivity index (χ1v) is 8.96. The monoisotopic (exact) mass is 360 g/mol. The van der Waals surface area contributed by atoms with Crippen LogP contribution in [0.2, 0.25) is 10.0 Å². The fourth-order valence-electron chi connectivity index (χ4n) is 2.60. The second kappa shape index (κ2) is 6.58. The summed E-state index contributed by atoms with van der Waals surface area (Å²) in [6, 6.07) is 12.4. The molecule has 0 aromatic heterocycles. The van der Waals surface area contributed by atoms with E-state index in [2.05, 4.69) is 60.3 Å². The van der Waals surface area contributed by atoms with Crippen molar-refractivity contribution in [1.82, 2.24) is 0 Å². The topological polar surface area (TPSA) is 0 Å². The largest absolute Gasteiger partial charge is 0.0904 e. The van der Waals surface area contributed by atoms with Gasteiger partial charge in [0.1, 0.15) is 0 Å². The van der Waals surface area contributed by atoms with E-state index in [1.54, 1.807) is 0 Å². The Labute approximate surface area is 156 Å². The van der Waals surface area contributed by atoms with E-state index in [9.17, 15) is 0 Å². The highest BCUT2D eigenvalue weighted by atomic mass is 35.5. The number of rotatable bonds is 2. The van der Waals surface area contributed by atoms with Gasteiger partial charge in [-0.1, -0.05) is 95.6 Å². The van der Waals surface area contributed by atoms with Crippen LogP contribution in [0.25, 0.3) is 5.57 Å². The minimum absolute atomic E-state index is 0.0650. The van der Waals surface area contributed by atoms with Gasteiger partial charge >= 0.3 is 0 Å². The van der Waals surface area contributed by atoms with E-state index in [4.69, 9.17) is 23.2 Å². The fraction of sp³-hybridized carbons (Fsp3) is 0.364. The number of hydrogen-bond acceptors (Lipinski definition) is 0. The van der Waals surface area contributed by atoms with Gasteiger partial charge in [-0.15, -0.1) is 0 Å². The maximum Gasteiger partial charge on any atom is 0.0487 e. The predicted molar refractivity (Wildman–Crippen MR) is 108 cm³/mol. The summed E-state index contributed by atoms with van der Waals surface area (Å²) in [5, 5.41) is 1.42. The molecule has 0 aliphatic heterocycles. The van der Waals surface area contributed by atoms with E-state index in [0.717, 1.165) is 16.7 Å². The lowest BCUT2D eigenvalue weighted by atomic mass is 9.84. The maximum atomic E-state index is 6.53. The lowest BCUT2D eigenvalue weighted by Crippen LogP contribution is -2.11. The van der Waals surface area contributed by atoms with Gasteiger partial charge in [0.15, 0.2) is 0 Å². The molecule has 0 saturated heterocycles. The standard InChI is InChI=1S/C22H26Cl2/c1-14(17-10-8-15(12-19(17)23)21(2,3)4)18-11-9-16(13-20(18)24)22(5,6)7/h8-13H,1H2,2-7H3. The fourth-order valence-corrected chi connectivity index (χ4v) is 3.19. The molecular formula is C22H26Cl2. The zero-order valence-electron chi connectivity index (χ0n) is 15.4. The van der Waals surface area contributed by atoms with Gasteiger partial charge in [-0.3, -0.25) is 0 Å². The van der Waals surface area contributed by atoms with Crippen LogP contribution in [0.5, 0.6) is 0 Å². The second-order valence-corrected chi connectivity index (χ2v) is 9.18. The first-order chi connectivity index (χ1) is 10.9. The van der Waals surface area contributed by atoms with Gasteiger partial charge in [0.05, 0.1) is 0 Å². The Morgan fingerprint density at radius 1 is 0.708 bits per heavy atom. The molecule has 2 heteroatoms. The van der Waals surface area contributed by atoms with Gasteiger partial charge in [0.25, 0.3) is 0 Å². The minimum Gasteiger partial charge on any atom is -0.0904 e. The molecule has 0 N–H and O–H groups in total. The van der Waals surface area contributed by atoms with Crippen molar-refractivity contribution in [3.05, 3.63) is 75.3 Å². The quantitative estimate of drug-likeness (QED) is 0.515. The van der Waals surface area contributed by atoms with Gasteiger partial charge in [-0.2, -0.15) is 0 Å². The summed E-state index contributed by atoms with van der Waals surface area (Å²) in [7, 11) is 0. The van der Waals surface area contributed by atoms with Crippen molar-refractivity contribution < 1.29 is 0 Å². The number of halogens is 2. The summed E-state index contributed by atoms with van der Waals surface area (Å²) in [5.74, 6) is 0. The molecule has 0 bridgehead atoms. The molecule has 0 nitrogen and oxygen atoms in total. The lowest BCUT2D eigenvalue weighted by molar-refractivity contribution is 0.590. The van der Waals surface area contributed by atoms with Crippen LogP contribution in [-0.4, -0.2) is 0 Å². The first kappa shape index (κ1) is 19.1. The molecule has 0 aliphatic rings. The van der Waals surface area contributed by atoms with Crippen molar-refractivity contribution in [2.75, 3.05) is 0 Å². The second-order valence-electron chi connectivity index (χ2n) is 8.37. The van der Waals surface area contributed by atoms with Crippen LogP contribution >= 0.6 is 23.2 Å². The summed E-state index contributed by atoms with van der Waals surface area (Å²) in [6.07, 6.45) is 0. The number of hydrogen-bond donors (Lipinski definition) is 0. The van der Waals surface area contributed by atoms with Crippen LogP contribution in [0.3, 0.4) is 0 Å². The van der Waals surface area contributed by atoms with Gasteiger partial charge < -0.3 is 0 Å². The van der Waals surface area contributed by atoms with Gasteiger partial charge in [0, 0.05) is 21.2 Å². The summed E-state index contributed by atoms with van der Waals surface area (Å²) in [6.45, 7) is 17.3. The molecule has 2 aromatic rings. The van der Waals surface area contributed by atoms with E-state index in [0.29, 0.717) is 10.0 Å². The molecular weight excluding hydrogens is 335 g/mol. The van der Waals surface area contributed by atoms with Gasteiger partial charge in [-0.25, -0.2) is 0 Å². The molecule has 0 aliphatic carbocycles. The van der Waals surface area contributed by atoms with Crippen molar-refractivity contribution in [2.45, 2.75) is 52.4 Å². The van der Waals surface area contributed by atoms with Crippen molar-refractivity contribution in [1.29, 1.82) is 0 Å². The molecule has 0 atom stereocenters. The van der Waals surface area contributed by atoms with E-state index < -0.39 is 0 Å². The smallest absolute Gasteiger partial charge is 0.0487 e. The average Bonchev–Trinajstić information content (AvgIpc) is 2.44. The Morgan fingerprint density at radius 3 is 1.29 bits per heavy atom. The minimum atomic E-state index is 0.0650. The molecule has 0 radical (unpaired) electrons. The Hall–Kier alpha value is -1.24. The number of benzene rings is 2. The summed E-state index contributed by atoms with van der Waals surface area (Å²) in [5.41, 5.74) is 5.25. The molecule has 0 saturated carbocycles. The molecule has 128 valence electrons. The molecule has 0 unspecified atom stereocenters. The van der Waals surface area contributed by atoms with Crippen LogP contribution in [0, 0.1) is 0 Å². The molecule has 0 fully saturated rings. The van der Waals surface area contributed by atoms with Crippen LogP contribution in [0.1, 0.15) is 63.8 Å². The molecule has 0 amide bonds. The summed E-state index contributed by atoms with van der Waals surface area (Å²) in [4.78, 5) is 0. The van der Waals surface area contributed by atoms with Crippen molar-refractivity contribution >= 4 is 28.8 Å². The zero-order chi connectivity index (χ0) is 18.3. The van der Waals surface area contributed by atoms with Crippen LogP contribution in [0.4, 0.5) is 0 Å². The molecule has 2 aromatic carbocycles. The third-order valence-electron chi connectivity index (χ3n) is 4.32. The lowest BCUT2D eigenvalue weighted by Gasteiger charge is -2.22. The average molecular weight is 361 g/mol. The highest BCUT2D eigenvalue weighted by molar-refractivity contribution is 6.34. The predicted octanol–water partition coefficient (Wildman–Crippen LogP) is 7.65. The van der Waals surface area contributed by atoms with Crippen molar-refractivity contribution in [2.24, 2.45) is 0 Å². The van der Waals surface area contributed by atoms with Gasteiger partial charge in [-0.05, 0) is 39.7 Å². The summed E-state index contributed by atoms with van der Waals surface area (Å²) >= 11 is 13.1. The SMILES string of the molecule is C=C(c1ccc(C(C)(C)C)cc1Cl)c1ccc(C(C)(C)C)cc1Cl. The summed E-state index contributed by atoms with van der Waals surface area (Å²) < 4.78 is 0. The van der Waals surface area contributed by atoms with Gasteiger partial charge in [0.2, 0.25) is 0 Å². The Balaban J connectivity index is 2.43. The first-order valence-electron chi connectivity index (χ1n) is 8.21. The molecule has 24 heavy (non-hydrogen) atoms. The van der Waals surface area contributed by atoms with Crippen molar-refractivity contribution in [3.63, 3.8) is 0 Å². The van der Waals surface area contributed by atoms with Crippen LogP contribution < -0.4 is 0 Å².